The molecule has 8 heteroatoms. The third-order valence-electron chi connectivity index (χ3n) is 8.41. The zero-order valence-corrected chi connectivity index (χ0v) is 20.9. The van der Waals surface area contributed by atoms with Crippen LogP contribution in [-0.2, 0) is 19.1 Å². The van der Waals surface area contributed by atoms with E-state index >= 15 is 0 Å². The number of amides is 3. The highest BCUT2D eigenvalue weighted by molar-refractivity contribution is 6.26. The van der Waals surface area contributed by atoms with E-state index in [1.165, 1.54) is 29.2 Å². The molecule has 0 radical (unpaired) electrons. The zero-order valence-electron chi connectivity index (χ0n) is 20.9. The molecular weight excluding hydrogens is 485 g/mol. The average Bonchev–Trinajstić information content (AvgIpc) is 3.49. The van der Waals surface area contributed by atoms with Crippen molar-refractivity contribution in [2.24, 2.45) is 11.8 Å². The van der Waals surface area contributed by atoms with E-state index in [1.54, 1.807) is 12.1 Å². The molecule has 0 saturated carbocycles. The Balaban J connectivity index is 1.24. The number of halogens is 1. The molecule has 38 heavy (non-hydrogen) atoms. The number of imide groups is 1. The van der Waals surface area contributed by atoms with Crippen molar-refractivity contribution in [1.29, 1.82) is 5.26 Å². The molecule has 3 amide bonds. The quantitative estimate of drug-likeness (QED) is 0.465. The van der Waals surface area contributed by atoms with Gasteiger partial charge in [-0.15, -0.1) is 0 Å². The van der Waals surface area contributed by atoms with Crippen LogP contribution in [0.25, 0.3) is 10.8 Å². The standard InChI is InChI=1S/C30H26FN3O4/c1-29-15-16-30(38-29,14-4-7-24(35)33-20-11-9-19(31)10-12-20)26-25(29)27(36)34(28(26)37)23-13-8-18(17-32)21-5-2-3-6-22(21)23/h2-3,5-6,8-13,25-26H,4,7,14-16H2,1H3,(H,33,35). The van der Waals surface area contributed by atoms with E-state index in [0.29, 0.717) is 53.4 Å². The van der Waals surface area contributed by atoms with Crippen LogP contribution in [0.2, 0.25) is 0 Å². The second-order valence-electron chi connectivity index (χ2n) is 10.6. The fraction of sp³-hybridized carbons (Fsp3) is 0.333. The molecule has 3 aliphatic heterocycles. The molecule has 6 rings (SSSR count). The van der Waals surface area contributed by atoms with E-state index in [0.717, 1.165) is 0 Å². The molecule has 3 aromatic carbocycles. The van der Waals surface area contributed by atoms with Crippen LogP contribution < -0.4 is 10.2 Å². The molecule has 7 nitrogen and oxygen atoms in total. The minimum absolute atomic E-state index is 0.206. The first-order valence-corrected chi connectivity index (χ1v) is 12.8. The topological polar surface area (TPSA) is 99.5 Å². The maximum absolute atomic E-state index is 13.9. The van der Waals surface area contributed by atoms with Crippen LogP contribution in [0.5, 0.6) is 0 Å². The Morgan fingerprint density at radius 3 is 2.50 bits per heavy atom. The van der Waals surface area contributed by atoms with Crippen molar-refractivity contribution in [2.75, 3.05) is 10.2 Å². The summed E-state index contributed by atoms with van der Waals surface area (Å²) in [7, 11) is 0. The zero-order chi connectivity index (χ0) is 26.7. The van der Waals surface area contributed by atoms with Crippen LogP contribution in [0, 0.1) is 29.0 Å². The number of hydrogen-bond donors (Lipinski definition) is 1. The highest BCUT2D eigenvalue weighted by Gasteiger charge is 2.73. The number of rotatable bonds is 6. The first kappa shape index (κ1) is 24.3. The molecule has 3 aromatic rings. The number of fused-ring (bicyclic) bond motifs is 6. The van der Waals surface area contributed by atoms with Crippen LogP contribution in [-0.4, -0.2) is 28.9 Å². The number of hydrogen-bond acceptors (Lipinski definition) is 5. The molecule has 0 aliphatic carbocycles. The van der Waals surface area contributed by atoms with Crippen LogP contribution in [0.4, 0.5) is 15.8 Å². The Morgan fingerprint density at radius 1 is 1.05 bits per heavy atom. The summed E-state index contributed by atoms with van der Waals surface area (Å²) in [4.78, 5) is 41.6. The summed E-state index contributed by atoms with van der Waals surface area (Å²) in [5.41, 5.74) is -0.0676. The van der Waals surface area contributed by atoms with Gasteiger partial charge < -0.3 is 10.1 Å². The van der Waals surface area contributed by atoms with Gasteiger partial charge >= 0.3 is 0 Å². The van der Waals surface area contributed by atoms with Crippen molar-refractivity contribution in [3.8, 4) is 6.07 Å². The first-order chi connectivity index (χ1) is 18.3. The Kier molecular flexibility index (Phi) is 5.58. The van der Waals surface area contributed by atoms with Gasteiger partial charge in [-0.05, 0) is 69.0 Å². The van der Waals surface area contributed by atoms with Crippen molar-refractivity contribution in [3.05, 3.63) is 72.0 Å². The maximum Gasteiger partial charge on any atom is 0.240 e. The SMILES string of the molecule is CC12CCC(CCCC(=O)Nc3ccc(F)cc3)(O1)C1C(=O)N(c3ccc(C#N)c4ccccc34)C(=O)C12. The summed E-state index contributed by atoms with van der Waals surface area (Å²) in [5.74, 6) is -2.35. The summed E-state index contributed by atoms with van der Waals surface area (Å²) in [6, 6.07) is 18.4. The third-order valence-corrected chi connectivity index (χ3v) is 8.41. The lowest BCUT2D eigenvalue weighted by Crippen LogP contribution is -2.42. The number of nitrogens with one attached hydrogen (secondary N) is 1. The highest BCUT2D eigenvalue weighted by Crippen LogP contribution is 2.62. The maximum atomic E-state index is 13.9. The van der Waals surface area contributed by atoms with Crippen molar-refractivity contribution in [3.63, 3.8) is 0 Å². The number of nitriles is 1. The lowest BCUT2D eigenvalue weighted by molar-refractivity contribution is -0.130. The van der Waals surface area contributed by atoms with Crippen molar-refractivity contribution in [2.45, 2.75) is 50.2 Å². The fourth-order valence-electron chi connectivity index (χ4n) is 6.73. The van der Waals surface area contributed by atoms with Gasteiger partial charge in [-0.3, -0.25) is 14.4 Å². The molecule has 2 bridgehead atoms. The summed E-state index contributed by atoms with van der Waals surface area (Å²) in [5, 5.41) is 13.7. The minimum Gasteiger partial charge on any atom is -0.367 e. The van der Waals surface area contributed by atoms with Crippen LogP contribution in [0.15, 0.2) is 60.7 Å². The molecule has 3 aliphatic rings. The number of nitrogens with zero attached hydrogens (tertiary/aromatic N) is 2. The lowest BCUT2D eigenvalue weighted by Gasteiger charge is -2.31. The summed E-state index contributed by atoms with van der Waals surface area (Å²) in [6.07, 6.45) is 2.47. The van der Waals surface area contributed by atoms with E-state index in [2.05, 4.69) is 11.4 Å². The van der Waals surface area contributed by atoms with Gasteiger partial charge in [-0.2, -0.15) is 5.26 Å². The van der Waals surface area contributed by atoms with Crippen LogP contribution in [0.3, 0.4) is 0 Å². The third kappa shape index (κ3) is 3.61. The van der Waals surface area contributed by atoms with Gasteiger partial charge in [0.1, 0.15) is 5.82 Å². The molecule has 3 saturated heterocycles. The molecule has 0 aromatic heterocycles. The molecule has 3 heterocycles. The second-order valence-corrected chi connectivity index (χ2v) is 10.6. The largest absolute Gasteiger partial charge is 0.367 e. The van der Waals surface area contributed by atoms with E-state index < -0.39 is 23.0 Å². The number of carbonyl (C=O) groups is 3. The molecule has 3 fully saturated rings. The normalized spacial score (nSPS) is 27.6. The lowest BCUT2D eigenvalue weighted by atomic mass is 9.67. The minimum atomic E-state index is -0.806. The Hall–Kier alpha value is -4.09. The van der Waals surface area contributed by atoms with Crippen molar-refractivity contribution >= 4 is 39.9 Å². The Labute approximate surface area is 219 Å². The molecule has 4 atom stereocenters. The van der Waals surface area contributed by atoms with Crippen molar-refractivity contribution < 1.29 is 23.5 Å². The predicted molar refractivity (Wildman–Crippen MR) is 138 cm³/mol. The number of anilines is 2. The van der Waals surface area contributed by atoms with Gasteiger partial charge in [-0.25, -0.2) is 9.29 Å². The summed E-state index contributed by atoms with van der Waals surface area (Å²) < 4.78 is 19.6. The number of benzene rings is 3. The van der Waals surface area contributed by atoms with Crippen molar-refractivity contribution in [1.82, 2.24) is 0 Å². The highest BCUT2D eigenvalue weighted by atomic mass is 19.1. The average molecular weight is 512 g/mol. The smallest absolute Gasteiger partial charge is 0.240 e. The molecule has 0 spiro atoms. The molecule has 1 N–H and O–H groups in total. The Morgan fingerprint density at radius 2 is 1.76 bits per heavy atom. The van der Waals surface area contributed by atoms with Gasteiger partial charge in [0.05, 0.1) is 40.4 Å². The van der Waals surface area contributed by atoms with Gasteiger partial charge in [0, 0.05) is 22.9 Å². The predicted octanol–water partition coefficient (Wildman–Crippen LogP) is 5.09. The monoisotopic (exact) mass is 511 g/mol. The number of carbonyl (C=O) groups excluding carboxylic acids is 3. The van der Waals surface area contributed by atoms with Crippen LogP contribution in [0.1, 0.15) is 44.6 Å². The van der Waals surface area contributed by atoms with Crippen LogP contribution >= 0.6 is 0 Å². The number of ether oxygens (including phenoxy) is 1. The van der Waals surface area contributed by atoms with E-state index in [1.807, 2.05) is 31.2 Å². The molecule has 192 valence electrons. The summed E-state index contributed by atoms with van der Waals surface area (Å²) in [6.45, 7) is 1.91. The van der Waals surface area contributed by atoms with Gasteiger partial charge in [0.25, 0.3) is 0 Å². The Bertz CT molecular complexity index is 1530. The van der Waals surface area contributed by atoms with E-state index in [9.17, 15) is 24.0 Å². The summed E-state index contributed by atoms with van der Waals surface area (Å²) >= 11 is 0. The molecular formula is C30H26FN3O4. The van der Waals surface area contributed by atoms with E-state index in [-0.39, 0.29) is 30.0 Å². The molecule has 4 unspecified atom stereocenters. The van der Waals surface area contributed by atoms with Gasteiger partial charge in [0.2, 0.25) is 17.7 Å². The first-order valence-electron chi connectivity index (χ1n) is 12.8. The second kappa shape index (κ2) is 8.74. The van der Waals surface area contributed by atoms with Gasteiger partial charge in [-0.1, -0.05) is 24.3 Å². The van der Waals surface area contributed by atoms with E-state index in [4.69, 9.17) is 4.74 Å². The van der Waals surface area contributed by atoms with Gasteiger partial charge in [0.15, 0.2) is 0 Å². The fourth-order valence-corrected chi connectivity index (χ4v) is 6.73.